The van der Waals surface area contributed by atoms with Crippen LogP contribution in [-0.2, 0) is 14.3 Å². The lowest BCUT2D eigenvalue weighted by atomic mass is 10.1. The van der Waals surface area contributed by atoms with Crippen molar-refractivity contribution in [2.75, 3.05) is 13.2 Å². The van der Waals surface area contributed by atoms with Gasteiger partial charge in [0.05, 0.1) is 6.61 Å². The van der Waals surface area contributed by atoms with E-state index < -0.39 is 5.97 Å². The molecular weight excluding hydrogens is 254 g/mol. The van der Waals surface area contributed by atoms with Gasteiger partial charge in [-0.2, -0.15) is 0 Å². The Morgan fingerprint density at radius 1 is 1.05 bits per heavy atom. The quantitative estimate of drug-likeness (QED) is 0.360. The minimum Gasteiger partial charge on any atom is -0.462 e. The first kappa shape index (κ1) is 18.7. The number of carbonyl (C=O) groups is 2. The van der Waals surface area contributed by atoms with Crippen LogP contribution in [0, 0.1) is 5.92 Å². The van der Waals surface area contributed by atoms with E-state index in [2.05, 4.69) is 12.2 Å². The number of ether oxygens (including phenoxy) is 1. The molecule has 0 unspecified atom stereocenters. The SMILES string of the molecule is CCCCCCCCNC(=O)/C=C\C(=O)OCC(C)C. The molecule has 0 saturated carbocycles. The predicted octanol–water partition coefficient (Wildman–Crippen LogP) is 3.22. The van der Waals surface area contributed by atoms with Crippen molar-refractivity contribution in [3.63, 3.8) is 0 Å². The molecule has 0 aromatic heterocycles. The average Bonchev–Trinajstić information content (AvgIpc) is 2.41. The monoisotopic (exact) mass is 283 g/mol. The number of hydrogen-bond donors (Lipinski definition) is 1. The van der Waals surface area contributed by atoms with Gasteiger partial charge in [0, 0.05) is 18.7 Å². The molecule has 116 valence electrons. The highest BCUT2D eigenvalue weighted by atomic mass is 16.5. The number of unbranched alkanes of at least 4 members (excludes halogenated alkanes) is 5. The van der Waals surface area contributed by atoms with Crippen molar-refractivity contribution >= 4 is 11.9 Å². The van der Waals surface area contributed by atoms with Crippen molar-refractivity contribution in [3.8, 4) is 0 Å². The summed E-state index contributed by atoms with van der Waals surface area (Å²) >= 11 is 0. The standard InChI is InChI=1S/C16H29NO3/c1-4-5-6-7-8-9-12-17-15(18)10-11-16(19)20-13-14(2)3/h10-11,14H,4-9,12-13H2,1-3H3,(H,17,18)/b11-10-. The zero-order chi connectivity index (χ0) is 15.2. The summed E-state index contributed by atoms with van der Waals surface area (Å²) in [6, 6.07) is 0. The molecule has 1 amide bonds. The number of rotatable bonds is 11. The number of hydrogen-bond acceptors (Lipinski definition) is 3. The van der Waals surface area contributed by atoms with E-state index in [1.165, 1.54) is 37.8 Å². The molecule has 0 saturated heterocycles. The van der Waals surface area contributed by atoms with Gasteiger partial charge in [-0.05, 0) is 12.3 Å². The van der Waals surface area contributed by atoms with Crippen LogP contribution in [-0.4, -0.2) is 25.0 Å². The van der Waals surface area contributed by atoms with E-state index in [0.29, 0.717) is 19.1 Å². The highest BCUT2D eigenvalue weighted by molar-refractivity contribution is 5.94. The third-order valence-electron chi connectivity index (χ3n) is 2.76. The molecule has 4 nitrogen and oxygen atoms in total. The van der Waals surface area contributed by atoms with Gasteiger partial charge < -0.3 is 10.1 Å². The molecule has 0 aliphatic rings. The summed E-state index contributed by atoms with van der Waals surface area (Å²) in [6.07, 6.45) is 9.56. The molecular formula is C16H29NO3. The van der Waals surface area contributed by atoms with Crippen molar-refractivity contribution in [1.82, 2.24) is 5.32 Å². The second-order valence-corrected chi connectivity index (χ2v) is 5.42. The van der Waals surface area contributed by atoms with Crippen molar-refractivity contribution < 1.29 is 14.3 Å². The van der Waals surface area contributed by atoms with E-state index in [4.69, 9.17) is 4.74 Å². The molecule has 0 aliphatic carbocycles. The van der Waals surface area contributed by atoms with E-state index in [0.717, 1.165) is 12.8 Å². The molecule has 0 radical (unpaired) electrons. The number of nitrogens with one attached hydrogen (secondary N) is 1. The fourth-order valence-electron chi connectivity index (χ4n) is 1.62. The lowest BCUT2D eigenvalue weighted by molar-refractivity contribution is -0.139. The van der Waals surface area contributed by atoms with Crippen LogP contribution in [0.25, 0.3) is 0 Å². The first-order valence-electron chi connectivity index (χ1n) is 7.69. The summed E-state index contributed by atoms with van der Waals surface area (Å²) in [6.45, 7) is 7.16. The Kier molecular flexibility index (Phi) is 11.9. The van der Waals surface area contributed by atoms with Gasteiger partial charge in [0.1, 0.15) is 0 Å². The van der Waals surface area contributed by atoms with E-state index in [-0.39, 0.29) is 5.91 Å². The summed E-state index contributed by atoms with van der Waals surface area (Å²) in [7, 11) is 0. The highest BCUT2D eigenvalue weighted by Gasteiger charge is 2.01. The Balaban J connectivity index is 3.55. The zero-order valence-corrected chi connectivity index (χ0v) is 13.1. The normalized spacial score (nSPS) is 11.0. The van der Waals surface area contributed by atoms with E-state index in [1.807, 2.05) is 13.8 Å². The molecule has 0 fully saturated rings. The van der Waals surface area contributed by atoms with Crippen molar-refractivity contribution in [2.45, 2.75) is 59.3 Å². The van der Waals surface area contributed by atoms with Gasteiger partial charge in [-0.1, -0.05) is 52.9 Å². The molecule has 0 heterocycles. The number of carbonyl (C=O) groups excluding carboxylic acids is 2. The summed E-state index contributed by atoms with van der Waals surface area (Å²) < 4.78 is 4.93. The smallest absolute Gasteiger partial charge is 0.330 e. The van der Waals surface area contributed by atoms with Gasteiger partial charge in [0.25, 0.3) is 0 Å². The average molecular weight is 283 g/mol. The lowest BCUT2D eigenvalue weighted by Gasteiger charge is -2.04. The second-order valence-electron chi connectivity index (χ2n) is 5.42. The maximum atomic E-state index is 11.4. The maximum Gasteiger partial charge on any atom is 0.330 e. The minimum absolute atomic E-state index is 0.236. The molecule has 0 aromatic carbocycles. The summed E-state index contributed by atoms with van der Waals surface area (Å²) in [5, 5.41) is 2.76. The van der Waals surface area contributed by atoms with Crippen LogP contribution in [0.3, 0.4) is 0 Å². The van der Waals surface area contributed by atoms with Crippen LogP contribution in [0.1, 0.15) is 59.3 Å². The highest BCUT2D eigenvalue weighted by Crippen LogP contribution is 2.03. The zero-order valence-electron chi connectivity index (χ0n) is 13.1. The maximum absolute atomic E-state index is 11.4. The molecule has 0 rings (SSSR count). The first-order chi connectivity index (χ1) is 9.56. The fraction of sp³-hybridized carbons (Fsp3) is 0.750. The van der Waals surface area contributed by atoms with Crippen LogP contribution in [0.4, 0.5) is 0 Å². The van der Waals surface area contributed by atoms with Gasteiger partial charge >= 0.3 is 5.97 Å². The van der Waals surface area contributed by atoms with Gasteiger partial charge in [-0.25, -0.2) is 4.79 Å². The van der Waals surface area contributed by atoms with Crippen molar-refractivity contribution in [1.29, 1.82) is 0 Å². The van der Waals surface area contributed by atoms with Gasteiger partial charge in [-0.3, -0.25) is 4.79 Å². The van der Waals surface area contributed by atoms with Crippen molar-refractivity contribution in [2.24, 2.45) is 5.92 Å². The number of amides is 1. The Bertz CT molecular complexity index is 298. The summed E-state index contributed by atoms with van der Waals surface area (Å²) in [5.74, 6) is -0.401. The van der Waals surface area contributed by atoms with E-state index >= 15 is 0 Å². The summed E-state index contributed by atoms with van der Waals surface area (Å²) in [4.78, 5) is 22.7. The lowest BCUT2D eigenvalue weighted by Crippen LogP contribution is -2.22. The van der Waals surface area contributed by atoms with Crippen LogP contribution < -0.4 is 5.32 Å². The Labute approximate surface area is 123 Å². The Morgan fingerprint density at radius 3 is 2.35 bits per heavy atom. The van der Waals surface area contributed by atoms with Gasteiger partial charge in [0.2, 0.25) is 5.91 Å². The Morgan fingerprint density at radius 2 is 1.70 bits per heavy atom. The first-order valence-corrected chi connectivity index (χ1v) is 7.69. The van der Waals surface area contributed by atoms with Gasteiger partial charge in [0.15, 0.2) is 0 Å². The van der Waals surface area contributed by atoms with Crippen LogP contribution in [0.5, 0.6) is 0 Å². The third-order valence-corrected chi connectivity index (χ3v) is 2.76. The van der Waals surface area contributed by atoms with E-state index in [1.54, 1.807) is 0 Å². The topological polar surface area (TPSA) is 55.4 Å². The predicted molar refractivity (Wildman–Crippen MR) is 81.3 cm³/mol. The molecule has 1 N–H and O–H groups in total. The van der Waals surface area contributed by atoms with Crippen LogP contribution >= 0.6 is 0 Å². The molecule has 0 aromatic rings. The summed E-state index contributed by atoms with van der Waals surface area (Å²) in [5.41, 5.74) is 0. The minimum atomic E-state index is -0.464. The molecule has 20 heavy (non-hydrogen) atoms. The molecule has 0 spiro atoms. The van der Waals surface area contributed by atoms with Crippen LogP contribution in [0.2, 0.25) is 0 Å². The molecule has 0 atom stereocenters. The van der Waals surface area contributed by atoms with Crippen LogP contribution in [0.15, 0.2) is 12.2 Å². The Hall–Kier alpha value is -1.32. The molecule has 4 heteroatoms. The number of esters is 1. The third kappa shape index (κ3) is 13.1. The van der Waals surface area contributed by atoms with Crippen molar-refractivity contribution in [3.05, 3.63) is 12.2 Å². The fourth-order valence-corrected chi connectivity index (χ4v) is 1.62. The molecule has 0 aliphatic heterocycles. The molecule has 0 bridgehead atoms. The second kappa shape index (κ2) is 12.7. The van der Waals surface area contributed by atoms with Gasteiger partial charge in [-0.15, -0.1) is 0 Å². The van der Waals surface area contributed by atoms with E-state index in [9.17, 15) is 9.59 Å². The largest absolute Gasteiger partial charge is 0.462 e.